The van der Waals surface area contributed by atoms with E-state index in [-0.39, 0.29) is 17.5 Å². The minimum atomic E-state index is -1.12. The number of aromatic nitrogens is 1. The zero-order valence-corrected chi connectivity index (χ0v) is 6.64. The van der Waals surface area contributed by atoms with Gasteiger partial charge in [0.2, 0.25) is 0 Å². The van der Waals surface area contributed by atoms with Gasteiger partial charge in [-0.25, -0.2) is 9.78 Å². The van der Waals surface area contributed by atoms with Crippen molar-refractivity contribution >= 4 is 17.7 Å². The molecule has 1 rings (SSSR count). The number of hydrogen-bond acceptors (Lipinski definition) is 3. The van der Waals surface area contributed by atoms with Crippen LogP contribution in [0.2, 0.25) is 0 Å². The van der Waals surface area contributed by atoms with Crippen LogP contribution in [0.4, 0.5) is 5.82 Å². The molecule has 13 heavy (non-hydrogen) atoms. The van der Waals surface area contributed by atoms with Crippen LogP contribution in [0.5, 0.6) is 0 Å². The Morgan fingerprint density at radius 2 is 2.15 bits per heavy atom. The van der Waals surface area contributed by atoms with Crippen molar-refractivity contribution in [2.45, 2.75) is 0 Å². The maximum Gasteiger partial charge on any atom is 0.354 e. The fourth-order valence-corrected chi connectivity index (χ4v) is 0.737. The molecule has 0 aliphatic heterocycles. The van der Waals surface area contributed by atoms with Crippen LogP contribution in [-0.2, 0) is 0 Å². The topological polar surface area (TPSA) is 115 Å². The van der Waals surface area contributed by atoms with E-state index in [9.17, 15) is 4.79 Å². The molecular weight excluding hydrogens is 172 g/mol. The van der Waals surface area contributed by atoms with Crippen LogP contribution in [0.1, 0.15) is 10.5 Å². The normalized spacial score (nSPS) is 9.23. The third kappa shape index (κ3) is 2.44. The number of nitrogens with two attached hydrogens (primary N) is 2. The minimum Gasteiger partial charge on any atom is -0.477 e. The molecule has 1 aromatic heterocycles. The molecule has 0 saturated carbocycles. The van der Waals surface area contributed by atoms with Gasteiger partial charge in [0.1, 0.15) is 0 Å². The van der Waals surface area contributed by atoms with E-state index in [1.54, 1.807) is 0 Å². The Labute approximate surface area is 73.9 Å². The molecule has 0 aliphatic carbocycles. The van der Waals surface area contributed by atoms with Gasteiger partial charge < -0.3 is 16.6 Å². The number of aromatic carboxylic acids is 1. The minimum absolute atomic E-state index is 0.0949. The maximum absolute atomic E-state index is 10.5. The lowest BCUT2D eigenvalue weighted by molar-refractivity contribution is 0.0690. The van der Waals surface area contributed by atoms with E-state index >= 15 is 0 Å². The number of aliphatic imine (C=N–C) groups is 1. The smallest absolute Gasteiger partial charge is 0.354 e. The first kappa shape index (κ1) is 8.98. The number of nitrogens with zero attached hydrogens (tertiary/aromatic N) is 2. The third-order valence-corrected chi connectivity index (χ3v) is 1.20. The summed E-state index contributed by atoms with van der Waals surface area (Å²) in [5.41, 5.74) is 10.1. The molecule has 0 radical (unpaired) electrons. The summed E-state index contributed by atoms with van der Waals surface area (Å²) in [6.45, 7) is 0. The number of hydrogen-bond donors (Lipinski definition) is 3. The van der Waals surface area contributed by atoms with E-state index in [1.165, 1.54) is 18.2 Å². The summed E-state index contributed by atoms with van der Waals surface area (Å²) in [6.07, 6.45) is 0. The standard InChI is InChI=1S/C7H8N4O2/c8-7(9)11-5-3-1-2-4(10-5)6(12)13/h1-3H,(H,12,13)(H4,8,9,10,11). The van der Waals surface area contributed by atoms with Gasteiger partial charge in [0.05, 0.1) is 0 Å². The highest BCUT2D eigenvalue weighted by Crippen LogP contribution is 2.07. The highest BCUT2D eigenvalue weighted by atomic mass is 16.4. The van der Waals surface area contributed by atoms with Crippen molar-refractivity contribution in [2.24, 2.45) is 16.5 Å². The van der Waals surface area contributed by atoms with Crippen LogP contribution in [0, 0.1) is 0 Å². The Kier molecular flexibility index (Phi) is 2.44. The lowest BCUT2D eigenvalue weighted by atomic mass is 10.3. The largest absolute Gasteiger partial charge is 0.477 e. The van der Waals surface area contributed by atoms with Crippen molar-refractivity contribution in [3.05, 3.63) is 23.9 Å². The number of rotatable bonds is 2. The number of carboxylic acid groups (broad SMARTS) is 1. The molecule has 0 aliphatic rings. The fourth-order valence-electron chi connectivity index (χ4n) is 0.737. The lowest BCUT2D eigenvalue weighted by Gasteiger charge is -1.95. The van der Waals surface area contributed by atoms with Gasteiger partial charge in [-0.3, -0.25) is 0 Å². The predicted molar refractivity (Wildman–Crippen MR) is 46.7 cm³/mol. The number of carbonyl (C=O) groups is 1. The Hall–Kier alpha value is -2.11. The van der Waals surface area contributed by atoms with Crippen LogP contribution in [-0.4, -0.2) is 22.0 Å². The first-order valence-electron chi connectivity index (χ1n) is 3.39. The van der Waals surface area contributed by atoms with Crippen molar-refractivity contribution in [3.8, 4) is 0 Å². The molecule has 0 saturated heterocycles. The Balaban J connectivity index is 3.06. The Morgan fingerprint density at radius 3 is 2.69 bits per heavy atom. The first-order valence-corrected chi connectivity index (χ1v) is 3.39. The molecule has 1 aromatic rings. The van der Waals surface area contributed by atoms with Gasteiger partial charge in [-0.1, -0.05) is 6.07 Å². The Bertz CT molecular complexity index is 357. The van der Waals surface area contributed by atoms with E-state index < -0.39 is 5.97 Å². The SMILES string of the molecule is NC(N)=Nc1cccc(C(=O)O)n1. The second-order valence-electron chi connectivity index (χ2n) is 2.22. The van der Waals surface area contributed by atoms with Gasteiger partial charge in [-0.05, 0) is 12.1 Å². The van der Waals surface area contributed by atoms with Crippen molar-refractivity contribution < 1.29 is 9.90 Å². The molecule has 5 N–H and O–H groups in total. The lowest BCUT2D eigenvalue weighted by Crippen LogP contribution is -2.22. The van der Waals surface area contributed by atoms with Crippen LogP contribution in [0.3, 0.4) is 0 Å². The predicted octanol–water partition coefficient (Wildman–Crippen LogP) is -0.315. The average Bonchev–Trinajstić information content (AvgIpc) is 2.03. The molecule has 0 amide bonds. The average molecular weight is 180 g/mol. The zero-order valence-electron chi connectivity index (χ0n) is 6.64. The van der Waals surface area contributed by atoms with Crippen LogP contribution >= 0.6 is 0 Å². The van der Waals surface area contributed by atoms with Gasteiger partial charge in [0.15, 0.2) is 17.5 Å². The number of pyridine rings is 1. The van der Waals surface area contributed by atoms with E-state index in [4.69, 9.17) is 16.6 Å². The molecular formula is C7H8N4O2. The molecule has 6 heteroatoms. The van der Waals surface area contributed by atoms with Gasteiger partial charge in [-0.15, -0.1) is 0 Å². The summed E-state index contributed by atoms with van der Waals surface area (Å²) in [5, 5.41) is 8.57. The van der Waals surface area contributed by atoms with E-state index in [1.807, 2.05) is 0 Å². The summed E-state index contributed by atoms with van der Waals surface area (Å²) in [5.74, 6) is -1.09. The zero-order chi connectivity index (χ0) is 9.84. The van der Waals surface area contributed by atoms with Crippen LogP contribution in [0.25, 0.3) is 0 Å². The molecule has 1 heterocycles. The highest BCUT2D eigenvalue weighted by molar-refractivity contribution is 5.86. The van der Waals surface area contributed by atoms with Gasteiger partial charge in [-0.2, -0.15) is 4.99 Å². The molecule has 6 nitrogen and oxygen atoms in total. The molecule has 0 atom stereocenters. The monoisotopic (exact) mass is 180 g/mol. The third-order valence-electron chi connectivity index (χ3n) is 1.20. The Morgan fingerprint density at radius 1 is 1.46 bits per heavy atom. The molecule has 68 valence electrons. The fraction of sp³-hybridized carbons (Fsp3) is 0. The van der Waals surface area contributed by atoms with Gasteiger partial charge in [0, 0.05) is 0 Å². The van der Waals surface area contributed by atoms with Crippen molar-refractivity contribution in [3.63, 3.8) is 0 Å². The van der Waals surface area contributed by atoms with Gasteiger partial charge in [0.25, 0.3) is 0 Å². The summed E-state index contributed by atoms with van der Waals surface area (Å²) in [7, 11) is 0. The number of carboxylic acids is 1. The van der Waals surface area contributed by atoms with Crippen molar-refractivity contribution in [1.82, 2.24) is 4.98 Å². The van der Waals surface area contributed by atoms with Crippen LogP contribution in [0.15, 0.2) is 23.2 Å². The second-order valence-corrected chi connectivity index (χ2v) is 2.22. The highest BCUT2D eigenvalue weighted by Gasteiger charge is 2.03. The van der Waals surface area contributed by atoms with E-state index in [2.05, 4.69) is 9.98 Å². The summed E-state index contributed by atoms with van der Waals surface area (Å²) in [6, 6.07) is 4.37. The quantitative estimate of drug-likeness (QED) is 0.426. The van der Waals surface area contributed by atoms with Crippen molar-refractivity contribution in [2.75, 3.05) is 0 Å². The molecule has 0 spiro atoms. The van der Waals surface area contributed by atoms with Crippen LogP contribution < -0.4 is 11.5 Å². The maximum atomic E-state index is 10.5. The van der Waals surface area contributed by atoms with E-state index in [0.29, 0.717) is 0 Å². The molecule has 0 fully saturated rings. The van der Waals surface area contributed by atoms with E-state index in [0.717, 1.165) is 0 Å². The summed E-state index contributed by atoms with van der Waals surface area (Å²) in [4.78, 5) is 17.7. The molecule has 0 bridgehead atoms. The second kappa shape index (κ2) is 3.53. The molecule has 0 unspecified atom stereocenters. The van der Waals surface area contributed by atoms with Gasteiger partial charge >= 0.3 is 5.97 Å². The summed E-state index contributed by atoms with van der Waals surface area (Å²) >= 11 is 0. The first-order chi connectivity index (χ1) is 6.09. The summed E-state index contributed by atoms with van der Waals surface area (Å²) < 4.78 is 0. The number of guanidine groups is 1. The molecule has 0 aromatic carbocycles. The van der Waals surface area contributed by atoms with Crippen molar-refractivity contribution in [1.29, 1.82) is 0 Å².